The van der Waals surface area contributed by atoms with E-state index in [1.165, 1.54) is 24.8 Å². The number of benzene rings is 1. The van der Waals surface area contributed by atoms with E-state index in [1.54, 1.807) is 0 Å². The van der Waals surface area contributed by atoms with Crippen LogP contribution < -0.4 is 5.32 Å². The molecule has 2 heteroatoms. The Balaban J connectivity index is 2.00. The van der Waals surface area contributed by atoms with E-state index in [4.69, 9.17) is 4.74 Å². The smallest absolute Gasteiger partial charge is 0.0800 e. The molecule has 0 radical (unpaired) electrons. The molecule has 1 aliphatic rings. The SMILES string of the molecule is CCCNC1CC(OC(C)c2ccccc2)C1(CC)CC. The summed E-state index contributed by atoms with van der Waals surface area (Å²) in [7, 11) is 0. The summed E-state index contributed by atoms with van der Waals surface area (Å²) in [5, 5.41) is 3.72. The standard InChI is InChI=1S/C19H31NO/c1-5-13-20-17-14-18(19(17,6-2)7-3)21-15(4)16-11-9-8-10-12-16/h8-12,15,17-18,20H,5-7,13-14H2,1-4H3. The predicted molar refractivity (Wildman–Crippen MR) is 89.4 cm³/mol. The molecule has 1 N–H and O–H groups in total. The van der Waals surface area contributed by atoms with Crippen LogP contribution in [0.2, 0.25) is 0 Å². The second-order valence-electron chi connectivity index (χ2n) is 6.36. The first kappa shape index (κ1) is 16.5. The Morgan fingerprint density at radius 2 is 1.86 bits per heavy atom. The molecule has 0 aliphatic heterocycles. The largest absolute Gasteiger partial charge is 0.370 e. The molecule has 1 aromatic rings. The van der Waals surface area contributed by atoms with Crippen molar-refractivity contribution in [1.29, 1.82) is 0 Å². The first-order chi connectivity index (χ1) is 10.2. The minimum atomic E-state index is 0.181. The van der Waals surface area contributed by atoms with Gasteiger partial charge in [0, 0.05) is 11.5 Å². The lowest BCUT2D eigenvalue weighted by atomic mass is 9.58. The fourth-order valence-electron chi connectivity index (χ4n) is 3.79. The topological polar surface area (TPSA) is 21.3 Å². The maximum atomic E-state index is 6.44. The van der Waals surface area contributed by atoms with Crippen LogP contribution in [0.1, 0.15) is 65.0 Å². The quantitative estimate of drug-likeness (QED) is 0.748. The Kier molecular flexibility index (Phi) is 5.83. The summed E-state index contributed by atoms with van der Waals surface area (Å²) >= 11 is 0. The molecule has 1 aliphatic carbocycles. The van der Waals surface area contributed by atoms with Crippen LogP contribution in [0, 0.1) is 5.41 Å². The average molecular weight is 289 g/mol. The molecule has 2 nitrogen and oxygen atoms in total. The van der Waals surface area contributed by atoms with Crippen LogP contribution >= 0.6 is 0 Å². The molecule has 1 saturated carbocycles. The molecule has 0 spiro atoms. The van der Waals surface area contributed by atoms with Gasteiger partial charge in [0.05, 0.1) is 12.2 Å². The lowest BCUT2D eigenvalue weighted by Gasteiger charge is -2.56. The molecule has 1 fully saturated rings. The molecular formula is C19H31NO. The van der Waals surface area contributed by atoms with Crippen LogP contribution in [0.25, 0.3) is 0 Å². The van der Waals surface area contributed by atoms with Gasteiger partial charge in [-0.3, -0.25) is 0 Å². The van der Waals surface area contributed by atoms with E-state index in [0.717, 1.165) is 13.0 Å². The van der Waals surface area contributed by atoms with E-state index >= 15 is 0 Å². The van der Waals surface area contributed by atoms with Crippen LogP contribution in [0.4, 0.5) is 0 Å². The van der Waals surface area contributed by atoms with Crippen molar-refractivity contribution in [1.82, 2.24) is 5.32 Å². The molecule has 1 aromatic carbocycles. The van der Waals surface area contributed by atoms with Crippen LogP contribution in [0.5, 0.6) is 0 Å². The third-order valence-corrected chi connectivity index (χ3v) is 5.38. The highest BCUT2D eigenvalue weighted by atomic mass is 16.5. The molecule has 3 unspecified atom stereocenters. The van der Waals surface area contributed by atoms with Crippen molar-refractivity contribution in [3.05, 3.63) is 35.9 Å². The zero-order chi connectivity index (χ0) is 15.3. The summed E-state index contributed by atoms with van der Waals surface area (Å²) in [6, 6.07) is 11.2. The van der Waals surface area contributed by atoms with E-state index in [9.17, 15) is 0 Å². The zero-order valence-corrected chi connectivity index (χ0v) is 14.1. The van der Waals surface area contributed by atoms with E-state index < -0.39 is 0 Å². The van der Waals surface area contributed by atoms with Crippen molar-refractivity contribution in [2.24, 2.45) is 5.41 Å². The molecule has 3 atom stereocenters. The van der Waals surface area contributed by atoms with Gasteiger partial charge in [-0.25, -0.2) is 0 Å². The van der Waals surface area contributed by atoms with Crippen molar-refractivity contribution in [3.63, 3.8) is 0 Å². The van der Waals surface area contributed by atoms with Gasteiger partial charge in [-0.15, -0.1) is 0 Å². The molecule has 0 aromatic heterocycles. The van der Waals surface area contributed by atoms with Crippen molar-refractivity contribution in [2.75, 3.05) is 6.54 Å². The molecule has 118 valence electrons. The van der Waals surface area contributed by atoms with Crippen LogP contribution in [0.15, 0.2) is 30.3 Å². The summed E-state index contributed by atoms with van der Waals surface area (Å²) in [5.41, 5.74) is 1.60. The number of ether oxygens (including phenoxy) is 1. The Hall–Kier alpha value is -0.860. The highest BCUT2D eigenvalue weighted by Gasteiger charge is 2.53. The Morgan fingerprint density at radius 3 is 2.43 bits per heavy atom. The fraction of sp³-hybridized carbons (Fsp3) is 0.684. The maximum absolute atomic E-state index is 6.44. The van der Waals surface area contributed by atoms with E-state index in [1.807, 2.05) is 0 Å². The minimum Gasteiger partial charge on any atom is -0.370 e. The van der Waals surface area contributed by atoms with E-state index in [0.29, 0.717) is 17.6 Å². The normalized spacial score (nSPS) is 25.3. The van der Waals surface area contributed by atoms with Crippen molar-refractivity contribution < 1.29 is 4.74 Å². The number of rotatable bonds is 8. The first-order valence-electron chi connectivity index (χ1n) is 8.61. The van der Waals surface area contributed by atoms with Gasteiger partial charge in [0.15, 0.2) is 0 Å². The maximum Gasteiger partial charge on any atom is 0.0800 e. The molecule has 0 saturated heterocycles. The molecule has 0 heterocycles. The summed E-state index contributed by atoms with van der Waals surface area (Å²) in [6.07, 6.45) is 5.30. The average Bonchev–Trinajstić information content (AvgIpc) is 2.52. The predicted octanol–water partition coefficient (Wildman–Crippen LogP) is 4.71. The summed E-state index contributed by atoms with van der Waals surface area (Å²) in [6.45, 7) is 10.2. The van der Waals surface area contributed by atoms with Gasteiger partial charge in [0.25, 0.3) is 0 Å². The third kappa shape index (κ3) is 3.32. The molecular weight excluding hydrogens is 258 g/mol. The second kappa shape index (κ2) is 7.42. The summed E-state index contributed by atoms with van der Waals surface area (Å²) < 4.78 is 6.44. The third-order valence-electron chi connectivity index (χ3n) is 5.38. The second-order valence-corrected chi connectivity index (χ2v) is 6.36. The minimum absolute atomic E-state index is 0.181. The monoisotopic (exact) mass is 289 g/mol. The highest BCUT2D eigenvalue weighted by Crippen LogP contribution is 2.50. The van der Waals surface area contributed by atoms with Crippen LogP contribution in [0.3, 0.4) is 0 Å². The van der Waals surface area contributed by atoms with Gasteiger partial charge in [0.1, 0.15) is 0 Å². The van der Waals surface area contributed by atoms with Gasteiger partial charge in [-0.2, -0.15) is 0 Å². The zero-order valence-electron chi connectivity index (χ0n) is 14.1. The molecule has 2 rings (SSSR count). The van der Waals surface area contributed by atoms with Crippen molar-refractivity contribution in [2.45, 2.75) is 71.6 Å². The Bertz CT molecular complexity index is 413. The number of nitrogens with one attached hydrogen (secondary N) is 1. The highest BCUT2D eigenvalue weighted by molar-refractivity contribution is 5.17. The van der Waals surface area contributed by atoms with E-state index in [-0.39, 0.29) is 6.10 Å². The Labute approximate surface area is 130 Å². The van der Waals surface area contributed by atoms with E-state index in [2.05, 4.69) is 63.3 Å². The van der Waals surface area contributed by atoms with Crippen LogP contribution in [-0.4, -0.2) is 18.7 Å². The lowest BCUT2D eigenvalue weighted by molar-refractivity contribution is -0.164. The van der Waals surface area contributed by atoms with Crippen molar-refractivity contribution in [3.8, 4) is 0 Å². The summed E-state index contributed by atoms with van der Waals surface area (Å²) in [5.74, 6) is 0. The first-order valence-corrected chi connectivity index (χ1v) is 8.61. The van der Waals surface area contributed by atoms with Gasteiger partial charge >= 0.3 is 0 Å². The molecule has 0 bridgehead atoms. The molecule has 21 heavy (non-hydrogen) atoms. The van der Waals surface area contributed by atoms with Gasteiger partial charge in [0.2, 0.25) is 0 Å². The molecule has 0 amide bonds. The summed E-state index contributed by atoms with van der Waals surface area (Å²) in [4.78, 5) is 0. The van der Waals surface area contributed by atoms with Gasteiger partial charge in [-0.1, -0.05) is 51.1 Å². The number of hydrogen-bond acceptors (Lipinski definition) is 2. The van der Waals surface area contributed by atoms with Crippen LogP contribution in [-0.2, 0) is 4.74 Å². The van der Waals surface area contributed by atoms with Crippen molar-refractivity contribution >= 4 is 0 Å². The lowest BCUT2D eigenvalue weighted by Crippen LogP contribution is -2.63. The van der Waals surface area contributed by atoms with Gasteiger partial charge < -0.3 is 10.1 Å². The Morgan fingerprint density at radius 1 is 1.19 bits per heavy atom. The van der Waals surface area contributed by atoms with Gasteiger partial charge in [-0.05, 0) is 44.7 Å². The number of hydrogen-bond donors (Lipinski definition) is 1. The fourth-order valence-corrected chi connectivity index (χ4v) is 3.79.